The van der Waals surface area contributed by atoms with Crippen molar-refractivity contribution in [2.45, 2.75) is 19.2 Å². The van der Waals surface area contributed by atoms with Gasteiger partial charge in [0.25, 0.3) is 0 Å². The maximum atomic E-state index is 13.2. The third-order valence-corrected chi connectivity index (χ3v) is 3.31. The first-order valence-corrected chi connectivity index (χ1v) is 7.02. The van der Waals surface area contributed by atoms with Crippen LogP contribution in [0, 0.1) is 0 Å². The van der Waals surface area contributed by atoms with E-state index in [4.69, 9.17) is 14.6 Å². The van der Waals surface area contributed by atoms with Crippen molar-refractivity contribution in [1.82, 2.24) is 0 Å². The lowest BCUT2D eigenvalue weighted by Crippen LogP contribution is -2.11. The van der Waals surface area contributed by atoms with Crippen LogP contribution >= 0.6 is 0 Å². The van der Waals surface area contributed by atoms with E-state index in [-0.39, 0.29) is 31.1 Å². The smallest absolute Gasteiger partial charge is 0.420 e. The van der Waals surface area contributed by atoms with Crippen LogP contribution in [0.1, 0.15) is 16.7 Å². The Kier molecular flexibility index (Phi) is 5.50. The first kappa shape index (κ1) is 17.1. The Morgan fingerprint density at radius 1 is 1.00 bits per heavy atom. The molecule has 1 N–H and O–H groups in total. The minimum atomic E-state index is -4.56. The molecule has 0 atom stereocenters. The van der Waals surface area contributed by atoms with Crippen molar-refractivity contribution in [3.05, 3.63) is 59.2 Å². The van der Waals surface area contributed by atoms with Gasteiger partial charge in [-0.3, -0.25) is 0 Å². The van der Waals surface area contributed by atoms with Crippen LogP contribution in [-0.4, -0.2) is 18.8 Å². The second-order valence-electron chi connectivity index (χ2n) is 4.88. The Labute approximate surface area is 132 Å². The molecule has 0 heterocycles. The van der Waals surface area contributed by atoms with Gasteiger partial charge in [0, 0.05) is 12.2 Å². The van der Waals surface area contributed by atoms with E-state index in [0.29, 0.717) is 5.56 Å². The fourth-order valence-electron chi connectivity index (χ4n) is 2.24. The molecule has 0 aliphatic heterocycles. The van der Waals surface area contributed by atoms with E-state index >= 15 is 0 Å². The molecule has 2 aromatic rings. The van der Waals surface area contributed by atoms with E-state index in [9.17, 15) is 13.2 Å². The molecule has 0 unspecified atom stereocenters. The molecule has 0 amide bonds. The van der Waals surface area contributed by atoms with E-state index in [1.54, 1.807) is 24.3 Å². The summed E-state index contributed by atoms with van der Waals surface area (Å²) in [4.78, 5) is 0. The number of rotatable bonds is 6. The van der Waals surface area contributed by atoms with E-state index in [0.717, 1.165) is 11.6 Å². The number of benzene rings is 2. The number of hydrogen-bond acceptors (Lipinski definition) is 3. The molecule has 23 heavy (non-hydrogen) atoms. The van der Waals surface area contributed by atoms with Crippen LogP contribution in [0.15, 0.2) is 42.5 Å². The Hall–Kier alpha value is -2.21. The molecular weight excluding hydrogens is 309 g/mol. The summed E-state index contributed by atoms with van der Waals surface area (Å²) in [6.07, 6.45) is -4.37. The van der Waals surface area contributed by atoms with Crippen LogP contribution in [-0.2, 0) is 19.2 Å². The molecule has 2 rings (SSSR count). The van der Waals surface area contributed by atoms with Gasteiger partial charge in [-0.15, -0.1) is 0 Å². The molecule has 3 nitrogen and oxygen atoms in total. The van der Waals surface area contributed by atoms with Gasteiger partial charge in [0.1, 0.15) is 12.2 Å². The predicted octanol–water partition coefficient (Wildman–Crippen LogP) is 3.83. The predicted molar refractivity (Wildman–Crippen MR) is 79.6 cm³/mol. The fourth-order valence-corrected chi connectivity index (χ4v) is 2.24. The summed E-state index contributed by atoms with van der Waals surface area (Å²) in [5.41, 5.74) is 0.313. The van der Waals surface area contributed by atoms with Gasteiger partial charge in [0.2, 0.25) is 0 Å². The van der Waals surface area contributed by atoms with E-state index in [2.05, 4.69) is 0 Å². The van der Waals surface area contributed by atoms with Crippen molar-refractivity contribution < 1.29 is 27.8 Å². The number of ether oxygens (including phenoxy) is 2. The largest absolute Gasteiger partial charge is 0.493 e. The normalized spacial score (nSPS) is 11.3. The molecule has 0 aliphatic rings. The van der Waals surface area contributed by atoms with E-state index in [1.165, 1.54) is 13.2 Å². The molecular formula is C17H17F3O3. The van der Waals surface area contributed by atoms with E-state index in [1.807, 2.05) is 6.07 Å². The number of aliphatic hydroxyl groups excluding tert-OH is 1. The third kappa shape index (κ3) is 4.16. The van der Waals surface area contributed by atoms with Crippen molar-refractivity contribution in [2.75, 3.05) is 13.7 Å². The Bertz CT molecular complexity index is 640. The van der Waals surface area contributed by atoms with Crippen molar-refractivity contribution >= 4 is 0 Å². The zero-order valence-corrected chi connectivity index (χ0v) is 12.6. The molecule has 0 saturated heterocycles. The van der Waals surface area contributed by atoms with Gasteiger partial charge >= 0.3 is 6.18 Å². The summed E-state index contributed by atoms with van der Waals surface area (Å²) in [5, 5.41) is 9.05. The zero-order valence-electron chi connectivity index (χ0n) is 12.6. The number of methoxy groups -OCH3 is 1. The van der Waals surface area contributed by atoms with Gasteiger partial charge in [0.05, 0.1) is 7.11 Å². The second kappa shape index (κ2) is 7.37. The Morgan fingerprint density at radius 3 is 2.26 bits per heavy atom. The van der Waals surface area contributed by atoms with Gasteiger partial charge in [-0.25, -0.2) is 0 Å². The highest BCUT2D eigenvalue weighted by atomic mass is 19.4. The summed E-state index contributed by atoms with van der Waals surface area (Å²) >= 11 is 0. The summed E-state index contributed by atoms with van der Waals surface area (Å²) < 4.78 is 50.2. The lowest BCUT2D eigenvalue weighted by atomic mass is 10.1. The molecule has 0 aliphatic carbocycles. The number of hydrogen-bond donors (Lipinski definition) is 1. The molecule has 0 radical (unpaired) electrons. The van der Waals surface area contributed by atoms with Crippen molar-refractivity contribution in [3.63, 3.8) is 0 Å². The quantitative estimate of drug-likeness (QED) is 0.877. The van der Waals surface area contributed by atoms with Gasteiger partial charge in [-0.05, 0) is 18.1 Å². The van der Waals surface area contributed by atoms with Crippen LogP contribution < -0.4 is 9.47 Å². The molecule has 2 aromatic carbocycles. The molecule has 0 aromatic heterocycles. The fraction of sp³-hybridized carbons (Fsp3) is 0.294. The van der Waals surface area contributed by atoms with Crippen LogP contribution in [0.3, 0.4) is 0 Å². The molecule has 6 heteroatoms. The van der Waals surface area contributed by atoms with Gasteiger partial charge in [-0.1, -0.05) is 36.4 Å². The number of halogens is 3. The zero-order chi connectivity index (χ0) is 16.9. The highest BCUT2D eigenvalue weighted by molar-refractivity contribution is 5.53. The third-order valence-electron chi connectivity index (χ3n) is 3.31. The maximum absolute atomic E-state index is 13.2. The lowest BCUT2D eigenvalue weighted by molar-refractivity contribution is -0.139. The molecule has 0 spiro atoms. The van der Waals surface area contributed by atoms with Gasteiger partial charge < -0.3 is 14.6 Å². The van der Waals surface area contributed by atoms with Crippen LogP contribution in [0.25, 0.3) is 0 Å². The highest BCUT2D eigenvalue weighted by Gasteiger charge is 2.36. The number of aliphatic hydroxyl groups is 1. The van der Waals surface area contributed by atoms with Crippen molar-refractivity contribution in [3.8, 4) is 11.5 Å². The molecule has 0 fully saturated rings. The monoisotopic (exact) mass is 326 g/mol. The summed E-state index contributed by atoms with van der Waals surface area (Å²) in [6.45, 7) is -0.206. The molecule has 0 bridgehead atoms. The summed E-state index contributed by atoms with van der Waals surface area (Å²) in [7, 11) is 1.28. The van der Waals surface area contributed by atoms with Gasteiger partial charge in [-0.2, -0.15) is 13.2 Å². The van der Waals surface area contributed by atoms with Crippen LogP contribution in [0.2, 0.25) is 0 Å². The standard InChI is InChI=1S/C17H17F3O3/c1-22-15-13(9-10-21)7-8-14(17(18,19)20)16(15)23-11-12-5-3-2-4-6-12/h2-8,21H,9-11H2,1H3. The van der Waals surface area contributed by atoms with Gasteiger partial charge in [0.15, 0.2) is 11.5 Å². The minimum absolute atomic E-state index is 0.00445. The van der Waals surface area contributed by atoms with Crippen LogP contribution in [0.5, 0.6) is 11.5 Å². The first-order chi connectivity index (χ1) is 11.0. The van der Waals surface area contributed by atoms with Crippen LogP contribution in [0.4, 0.5) is 13.2 Å². The topological polar surface area (TPSA) is 38.7 Å². The summed E-state index contributed by atoms with van der Waals surface area (Å²) in [5.74, 6) is -0.348. The number of alkyl halides is 3. The Balaban J connectivity index is 2.41. The lowest BCUT2D eigenvalue weighted by Gasteiger charge is -2.19. The average molecular weight is 326 g/mol. The first-order valence-electron chi connectivity index (χ1n) is 7.02. The average Bonchev–Trinajstić information content (AvgIpc) is 2.53. The molecule has 124 valence electrons. The highest BCUT2D eigenvalue weighted by Crippen LogP contribution is 2.43. The Morgan fingerprint density at radius 2 is 1.70 bits per heavy atom. The van der Waals surface area contributed by atoms with Crippen molar-refractivity contribution in [2.24, 2.45) is 0 Å². The minimum Gasteiger partial charge on any atom is -0.493 e. The summed E-state index contributed by atoms with van der Waals surface area (Å²) in [6, 6.07) is 11.1. The second-order valence-corrected chi connectivity index (χ2v) is 4.88. The van der Waals surface area contributed by atoms with Crippen molar-refractivity contribution in [1.29, 1.82) is 0 Å². The molecule has 0 saturated carbocycles. The SMILES string of the molecule is COc1c(CCO)ccc(C(F)(F)F)c1OCc1ccccc1. The van der Waals surface area contributed by atoms with E-state index < -0.39 is 11.7 Å². The maximum Gasteiger partial charge on any atom is 0.420 e.